The van der Waals surface area contributed by atoms with Crippen LogP contribution in [0.5, 0.6) is 0 Å². The molecular formula is C29H31N5O3S2. The van der Waals surface area contributed by atoms with Crippen LogP contribution in [0.3, 0.4) is 0 Å². The van der Waals surface area contributed by atoms with E-state index in [0.29, 0.717) is 32.8 Å². The lowest BCUT2D eigenvalue weighted by Gasteiger charge is -2.36. The molecule has 3 aromatic rings. The lowest BCUT2D eigenvalue weighted by Crippen LogP contribution is -2.47. The van der Waals surface area contributed by atoms with E-state index in [1.807, 2.05) is 25.1 Å². The number of anilines is 1. The smallest absolute Gasteiger partial charge is 0.267 e. The average Bonchev–Trinajstić information content (AvgIpc) is 3.55. The fourth-order valence-electron chi connectivity index (χ4n) is 5.35. The Morgan fingerprint density at radius 3 is 2.64 bits per heavy atom. The Morgan fingerprint density at radius 2 is 1.90 bits per heavy atom. The molecule has 0 N–H and O–H groups in total. The third kappa shape index (κ3) is 5.51. The molecule has 5 heterocycles. The number of aromatic nitrogens is 2. The van der Waals surface area contributed by atoms with Crippen LogP contribution in [-0.2, 0) is 16.1 Å². The molecule has 0 unspecified atom stereocenters. The number of benzene rings is 1. The normalized spacial score (nSPS) is 21.6. The molecule has 8 nitrogen and oxygen atoms in total. The minimum absolute atomic E-state index is 0.00512. The summed E-state index contributed by atoms with van der Waals surface area (Å²) in [6.07, 6.45) is 5.42. The number of hydrogen-bond acceptors (Lipinski definition) is 8. The van der Waals surface area contributed by atoms with Crippen LogP contribution >= 0.6 is 24.0 Å². The van der Waals surface area contributed by atoms with E-state index < -0.39 is 0 Å². The molecule has 3 aliphatic heterocycles. The van der Waals surface area contributed by atoms with Gasteiger partial charge in [0.1, 0.15) is 15.8 Å². The van der Waals surface area contributed by atoms with Gasteiger partial charge in [-0.1, -0.05) is 60.4 Å². The molecule has 2 aromatic heterocycles. The number of amides is 1. The summed E-state index contributed by atoms with van der Waals surface area (Å²) < 4.78 is 7.81. The highest BCUT2D eigenvalue weighted by Gasteiger charge is 2.35. The van der Waals surface area contributed by atoms with Gasteiger partial charge in [-0.05, 0) is 43.0 Å². The van der Waals surface area contributed by atoms with Gasteiger partial charge in [-0.15, -0.1) is 0 Å². The Bertz CT molecular complexity index is 1490. The second-order valence-corrected chi connectivity index (χ2v) is 11.9. The van der Waals surface area contributed by atoms with Crippen LogP contribution in [-0.4, -0.2) is 74.8 Å². The first kappa shape index (κ1) is 26.2. The molecule has 3 aliphatic rings. The second kappa shape index (κ2) is 11.2. The van der Waals surface area contributed by atoms with E-state index in [4.69, 9.17) is 21.9 Å². The topological polar surface area (TPSA) is 70.4 Å². The molecule has 39 heavy (non-hydrogen) atoms. The number of ether oxygens (including phenoxy) is 1. The number of piperazine rings is 1. The minimum Gasteiger partial charge on any atom is -0.376 e. The summed E-state index contributed by atoms with van der Waals surface area (Å²) >= 11 is 6.80. The van der Waals surface area contributed by atoms with Crippen molar-refractivity contribution in [3.05, 3.63) is 80.6 Å². The van der Waals surface area contributed by atoms with Crippen LogP contribution in [0.25, 0.3) is 11.7 Å². The number of hydrogen-bond donors (Lipinski definition) is 0. The van der Waals surface area contributed by atoms with Crippen LogP contribution in [0.4, 0.5) is 5.82 Å². The molecule has 0 radical (unpaired) electrons. The molecule has 0 spiro atoms. The lowest BCUT2D eigenvalue weighted by molar-refractivity contribution is -0.123. The molecule has 1 aromatic carbocycles. The molecule has 6 rings (SSSR count). The molecule has 10 heteroatoms. The van der Waals surface area contributed by atoms with E-state index in [1.165, 1.54) is 17.3 Å². The van der Waals surface area contributed by atoms with E-state index in [1.54, 1.807) is 21.6 Å². The zero-order chi connectivity index (χ0) is 26.9. The van der Waals surface area contributed by atoms with Gasteiger partial charge in [0.25, 0.3) is 11.5 Å². The minimum atomic E-state index is -0.185. The number of carbonyl (C=O) groups is 1. The fraction of sp³-hybridized carbons (Fsp3) is 0.379. The van der Waals surface area contributed by atoms with Crippen molar-refractivity contribution in [3.8, 4) is 0 Å². The summed E-state index contributed by atoms with van der Waals surface area (Å²) in [7, 11) is 0. The first-order chi connectivity index (χ1) is 19.0. The number of thioether (sulfide) groups is 1. The maximum Gasteiger partial charge on any atom is 0.267 e. The van der Waals surface area contributed by atoms with Gasteiger partial charge in [-0.3, -0.25) is 23.8 Å². The standard InChI is InChI=1S/C29H31N5O3S2/c1-20-9-10-25-30-26(32-13-11-31(12-14-32)18-21-6-3-2-4-7-21)23(27(35)33(25)17-20)16-24-28(36)34(29(38)39-24)19-22-8-5-15-37-22/h2-4,6-7,9-10,16-17,22H,5,8,11-15,18-19H2,1H3/b24-16+/t22-/m1/s1. The molecule has 0 aliphatic carbocycles. The van der Waals surface area contributed by atoms with E-state index in [-0.39, 0.29) is 17.6 Å². The Hall–Kier alpha value is -3.05. The van der Waals surface area contributed by atoms with Gasteiger partial charge in [0.2, 0.25) is 0 Å². The predicted molar refractivity (Wildman–Crippen MR) is 159 cm³/mol. The summed E-state index contributed by atoms with van der Waals surface area (Å²) in [5, 5.41) is 0. The van der Waals surface area contributed by atoms with Crippen LogP contribution in [0.2, 0.25) is 0 Å². The third-order valence-electron chi connectivity index (χ3n) is 7.47. The van der Waals surface area contributed by atoms with Crippen molar-refractivity contribution >= 4 is 51.7 Å². The van der Waals surface area contributed by atoms with Crippen molar-refractivity contribution in [1.29, 1.82) is 0 Å². The first-order valence-corrected chi connectivity index (χ1v) is 14.6. The largest absolute Gasteiger partial charge is 0.376 e. The number of rotatable bonds is 6. The highest BCUT2D eigenvalue weighted by molar-refractivity contribution is 8.26. The van der Waals surface area contributed by atoms with Gasteiger partial charge in [-0.25, -0.2) is 4.98 Å². The van der Waals surface area contributed by atoms with E-state index >= 15 is 0 Å². The van der Waals surface area contributed by atoms with Crippen molar-refractivity contribution in [3.63, 3.8) is 0 Å². The maximum atomic E-state index is 13.8. The van der Waals surface area contributed by atoms with Crippen LogP contribution < -0.4 is 10.5 Å². The Balaban J connectivity index is 1.31. The SMILES string of the molecule is Cc1ccc2nc(N3CCN(Cc4ccccc4)CC3)c(/C=C3/SC(=S)N(C[C@H]4CCCO4)C3=O)c(=O)n2c1. The van der Waals surface area contributed by atoms with Gasteiger partial charge in [-0.2, -0.15) is 0 Å². The maximum absolute atomic E-state index is 13.8. The Morgan fingerprint density at radius 1 is 1.10 bits per heavy atom. The van der Waals surface area contributed by atoms with E-state index in [0.717, 1.165) is 57.7 Å². The number of carbonyl (C=O) groups excluding carboxylic acids is 1. The van der Waals surface area contributed by atoms with Crippen LogP contribution in [0, 0.1) is 6.92 Å². The van der Waals surface area contributed by atoms with Gasteiger partial charge in [0, 0.05) is 45.5 Å². The van der Waals surface area contributed by atoms with Gasteiger partial charge >= 0.3 is 0 Å². The highest BCUT2D eigenvalue weighted by atomic mass is 32.2. The molecule has 1 amide bonds. The van der Waals surface area contributed by atoms with Crippen molar-refractivity contribution in [2.75, 3.05) is 44.2 Å². The molecule has 3 saturated heterocycles. The number of thiocarbonyl (C=S) groups is 1. The molecule has 0 saturated carbocycles. The number of pyridine rings is 1. The van der Waals surface area contributed by atoms with Crippen LogP contribution in [0.1, 0.15) is 29.5 Å². The van der Waals surface area contributed by atoms with Gasteiger partial charge in [0.15, 0.2) is 0 Å². The molecule has 3 fully saturated rings. The average molecular weight is 562 g/mol. The fourth-order valence-corrected chi connectivity index (χ4v) is 6.61. The Labute approximate surface area is 237 Å². The van der Waals surface area contributed by atoms with Crippen molar-refractivity contribution < 1.29 is 9.53 Å². The molecular weight excluding hydrogens is 530 g/mol. The quantitative estimate of drug-likeness (QED) is 0.333. The van der Waals surface area contributed by atoms with Crippen molar-refractivity contribution in [2.45, 2.75) is 32.4 Å². The number of aryl methyl sites for hydroxylation is 1. The highest BCUT2D eigenvalue weighted by Crippen LogP contribution is 2.34. The summed E-state index contributed by atoms with van der Waals surface area (Å²) in [6.45, 7) is 7.19. The number of nitrogens with zero attached hydrogens (tertiary/aromatic N) is 5. The van der Waals surface area contributed by atoms with E-state index in [9.17, 15) is 9.59 Å². The van der Waals surface area contributed by atoms with Crippen molar-refractivity contribution in [1.82, 2.24) is 19.2 Å². The summed E-state index contributed by atoms with van der Waals surface area (Å²) in [4.78, 5) is 38.8. The lowest BCUT2D eigenvalue weighted by atomic mass is 10.1. The summed E-state index contributed by atoms with van der Waals surface area (Å²) in [6, 6.07) is 14.3. The summed E-state index contributed by atoms with van der Waals surface area (Å²) in [5.74, 6) is 0.445. The Kier molecular flexibility index (Phi) is 7.53. The second-order valence-electron chi connectivity index (χ2n) is 10.3. The van der Waals surface area contributed by atoms with Crippen molar-refractivity contribution in [2.24, 2.45) is 0 Å². The van der Waals surface area contributed by atoms with Gasteiger partial charge < -0.3 is 9.64 Å². The number of fused-ring (bicyclic) bond motifs is 1. The molecule has 1 atom stereocenters. The zero-order valence-electron chi connectivity index (χ0n) is 21.9. The monoisotopic (exact) mass is 561 g/mol. The van der Waals surface area contributed by atoms with Crippen LogP contribution in [0.15, 0.2) is 58.4 Å². The summed E-state index contributed by atoms with van der Waals surface area (Å²) in [5.41, 5.74) is 3.08. The molecule has 0 bridgehead atoms. The first-order valence-electron chi connectivity index (χ1n) is 13.4. The predicted octanol–water partition coefficient (Wildman–Crippen LogP) is 3.71. The van der Waals surface area contributed by atoms with Gasteiger partial charge in [0.05, 0.1) is 23.1 Å². The third-order valence-corrected chi connectivity index (χ3v) is 8.84. The molecule has 202 valence electrons. The zero-order valence-corrected chi connectivity index (χ0v) is 23.5. The van der Waals surface area contributed by atoms with E-state index in [2.05, 4.69) is 34.1 Å².